The number of benzene rings is 1. The lowest BCUT2D eigenvalue weighted by molar-refractivity contribution is 0.158. The maximum absolute atomic E-state index is 6.18. The maximum Gasteiger partial charge on any atom is 0.494 e. The van der Waals surface area contributed by atoms with Crippen molar-refractivity contribution in [2.75, 3.05) is 31.0 Å². The molecule has 1 aromatic rings. The number of hydrogen-bond donors (Lipinski definition) is 0. The first-order valence-corrected chi connectivity index (χ1v) is 10.8. The van der Waals surface area contributed by atoms with E-state index in [0.717, 1.165) is 30.3 Å². The predicted octanol–water partition coefficient (Wildman–Crippen LogP) is 2.78. The third-order valence-electron chi connectivity index (χ3n) is 5.51. The Kier molecular flexibility index (Phi) is 3.72. The number of nitrogens with zero attached hydrogens (tertiary/aromatic N) is 1. The summed E-state index contributed by atoms with van der Waals surface area (Å²) in [6.45, 7) is 7.72. The van der Waals surface area contributed by atoms with Crippen molar-refractivity contribution in [3.63, 3.8) is 0 Å². The Balaban J connectivity index is 1.84. The van der Waals surface area contributed by atoms with E-state index in [0.29, 0.717) is 5.90 Å². The third-order valence-corrected chi connectivity index (χ3v) is 9.04. The van der Waals surface area contributed by atoms with E-state index in [1.54, 1.807) is 0 Å². The van der Waals surface area contributed by atoms with Gasteiger partial charge >= 0.3 is 5.90 Å². The van der Waals surface area contributed by atoms with Crippen molar-refractivity contribution in [1.82, 2.24) is 4.67 Å². The second-order valence-electron chi connectivity index (χ2n) is 7.03. The maximum atomic E-state index is 6.18. The Bertz CT molecular complexity index is 785. The SMILES string of the molecule is C=[N+]=C1OC2C=CC(S3(C)CCOCC3)=CC2(C)c2ccccc21. The summed E-state index contributed by atoms with van der Waals surface area (Å²) in [5.74, 6) is 2.94. The molecule has 24 heavy (non-hydrogen) atoms. The van der Waals surface area contributed by atoms with Gasteiger partial charge in [-0.05, 0) is 35.8 Å². The van der Waals surface area contributed by atoms with E-state index in [4.69, 9.17) is 9.47 Å². The molecule has 0 amide bonds. The van der Waals surface area contributed by atoms with Crippen LogP contribution >= 0.6 is 10.0 Å². The van der Waals surface area contributed by atoms with Gasteiger partial charge in [0.05, 0.1) is 18.6 Å². The van der Waals surface area contributed by atoms with Crippen molar-refractivity contribution < 1.29 is 9.47 Å². The van der Waals surface area contributed by atoms with Crippen LogP contribution in [0.5, 0.6) is 0 Å². The third kappa shape index (κ3) is 2.29. The molecular formula is C20H24NO2S+. The summed E-state index contributed by atoms with van der Waals surface area (Å²) in [6, 6.07) is 8.41. The highest BCUT2D eigenvalue weighted by Gasteiger charge is 2.47. The van der Waals surface area contributed by atoms with Gasteiger partial charge in [0, 0.05) is 11.5 Å². The molecule has 4 rings (SSSR count). The first-order valence-electron chi connectivity index (χ1n) is 8.40. The second-order valence-corrected chi connectivity index (χ2v) is 10.9. The first kappa shape index (κ1) is 15.8. The van der Waals surface area contributed by atoms with Crippen LogP contribution in [0, 0.1) is 0 Å². The first-order chi connectivity index (χ1) is 11.6. The van der Waals surface area contributed by atoms with Crippen LogP contribution in [-0.2, 0) is 14.9 Å². The van der Waals surface area contributed by atoms with E-state index in [-0.39, 0.29) is 11.5 Å². The molecule has 3 nitrogen and oxygen atoms in total. The number of ether oxygens (including phenoxy) is 2. The molecule has 0 spiro atoms. The van der Waals surface area contributed by atoms with Crippen LogP contribution in [-0.4, -0.2) is 49.7 Å². The highest BCUT2D eigenvalue weighted by Crippen LogP contribution is 2.57. The number of rotatable bonds is 1. The normalized spacial score (nSPS) is 31.8. The smallest absolute Gasteiger partial charge is 0.423 e. The van der Waals surface area contributed by atoms with Gasteiger partial charge in [0.15, 0.2) is 0 Å². The van der Waals surface area contributed by atoms with E-state index in [1.807, 2.05) is 6.07 Å². The van der Waals surface area contributed by atoms with E-state index >= 15 is 0 Å². The zero-order valence-electron chi connectivity index (χ0n) is 14.3. The molecule has 1 saturated heterocycles. The predicted molar refractivity (Wildman–Crippen MR) is 103 cm³/mol. The monoisotopic (exact) mass is 342 g/mol. The summed E-state index contributed by atoms with van der Waals surface area (Å²) >= 11 is 0. The van der Waals surface area contributed by atoms with Crippen molar-refractivity contribution in [3.8, 4) is 0 Å². The zero-order valence-corrected chi connectivity index (χ0v) is 15.1. The zero-order chi connectivity index (χ0) is 16.8. The van der Waals surface area contributed by atoms with Gasteiger partial charge in [-0.2, -0.15) is 0 Å². The van der Waals surface area contributed by atoms with Gasteiger partial charge < -0.3 is 9.47 Å². The molecule has 0 saturated carbocycles. The molecule has 1 aliphatic carbocycles. The van der Waals surface area contributed by atoms with Crippen molar-refractivity contribution >= 4 is 22.6 Å². The van der Waals surface area contributed by atoms with Crippen molar-refractivity contribution in [3.05, 3.63) is 58.5 Å². The average Bonchev–Trinajstić information content (AvgIpc) is 2.61. The van der Waals surface area contributed by atoms with E-state index in [1.165, 1.54) is 10.5 Å². The quantitative estimate of drug-likeness (QED) is 0.581. The molecule has 0 aromatic heterocycles. The van der Waals surface area contributed by atoms with Gasteiger partial charge in [-0.3, -0.25) is 0 Å². The number of hydrogen-bond acceptors (Lipinski definition) is 2. The van der Waals surface area contributed by atoms with Crippen LogP contribution in [0.1, 0.15) is 18.1 Å². The minimum Gasteiger partial charge on any atom is -0.423 e. The fourth-order valence-corrected chi connectivity index (χ4v) is 6.46. The highest BCUT2D eigenvalue weighted by atomic mass is 32.3. The van der Waals surface area contributed by atoms with E-state index < -0.39 is 10.0 Å². The summed E-state index contributed by atoms with van der Waals surface area (Å²) in [7, 11) is -0.801. The molecule has 0 N–H and O–H groups in total. The van der Waals surface area contributed by atoms with Crippen molar-refractivity contribution in [1.29, 1.82) is 0 Å². The summed E-state index contributed by atoms with van der Waals surface area (Å²) < 4.78 is 15.9. The molecule has 1 fully saturated rings. The van der Waals surface area contributed by atoms with Gasteiger partial charge in [0.25, 0.3) is 6.72 Å². The van der Waals surface area contributed by atoms with Gasteiger partial charge in [0.2, 0.25) is 0 Å². The molecule has 2 heterocycles. The van der Waals surface area contributed by atoms with Crippen molar-refractivity contribution in [2.45, 2.75) is 18.4 Å². The van der Waals surface area contributed by atoms with Gasteiger partial charge in [-0.15, -0.1) is 0 Å². The van der Waals surface area contributed by atoms with Gasteiger partial charge in [-0.25, -0.2) is 10.0 Å². The summed E-state index contributed by atoms with van der Waals surface area (Å²) in [5, 5.41) is 0. The lowest BCUT2D eigenvalue weighted by Crippen LogP contribution is -2.45. The fraction of sp³-hybridized carbons (Fsp3) is 0.400. The molecule has 1 aromatic carbocycles. The molecule has 0 bridgehead atoms. The Labute approximate surface area is 145 Å². The molecule has 2 unspecified atom stereocenters. The molecule has 2 atom stereocenters. The van der Waals surface area contributed by atoms with E-state index in [9.17, 15) is 0 Å². The van der Waals surface area contributed by atoms with Crippen LogP contribution in [0.25, 0.3) is 0 Å². The van der Waals surface area contributed by atoms with Crippen LogP contribution in [0.2, 0.25) is 0 Å². The van der Waals surface area contributed by atoms with Gasteiger partial charge in [0.1, 0.15) is 11.7 Å². The fourth-order valence-electron chi connectivity index (χ4n) is 3.88. The molecule has 3 aliphatic rings. The van der Waals surface area contributed by atoms with E-state index in [2.05, 4.69) is 61.0 Å². The van der Waals surface area contributed by atoms with Crippen molar-refractivity contribution in [2.24, 2.45) is 0 Å². The largest absolute Gasteiger partial charge is 0.494 e. The molecular weight excluding hydrogens is 318 g/mol. The summed E-state index contributed by atoms with van der Waals surface area (Å²) in [5.41, 5.74) is 2.17. The summed E-state index contributed by atoms with van der Waals surface area (Å²) in [4.78, 5) is 1.48. The minimum atomic E-state index is -0.801. The van der Waals surface area contributed by atoms with Crippen LogP contribution in [0.15, 0.2) is 47.4 Å². The lowest BCUT2D eigenvalue weighted by Gasteiger charge is -2.46. The average molecular weight is 342 g/mol. The number of fused-ring (bicyclic) bond motifs is 3. The Hall–Kier alpha value is -1.74. The summed E-state index contributed by atoms with van der Waals surface area (Å²) in [6.07, 6.45) is 9.36. The highest BCUT2D eigenvalue weighted by molar-refractivity contribution is 8.36. The Morgan fingerprint density at radius 3 is 2.75 bits per heavy atom. The molecule has 0 radical (unpaired) electrons. The van der Waals surface area contributed by atoms with Gasteiger partial charge in [-0.1, -0.05) is 35.0 Å². The molecule has 2 aliphatic heterocycles. The molecule has 4 heteroatoms. The number of allylic oxidation sites excluding steroid dienone is 1. The second kappa shape index (κ2) is 5.66. The topological polar surface area (TPSA) is 32.6 Å². The lowest BCUT2D eigenvalue weighted by atomic mass is 9.71. The standard InChI is InChI=1S/C20H24NO2S/c1-20-14-15(24(3)12-10-22-11-13-24)8-9-18(20)23-19(21-2)16-6-4-5-7-17(16)20/h4-9,14,18H,2,10-13H2,1,3H3/q+1. The molecule has 126 valence electrons. The van der Waals surface area contributed by atoms with Crippen LogP contribution in [0.4, 0.5) is 0 Å². The minimum absolute atomic E-state index is 0.0282. The van der Waals surface area contributed by atoms with Crippen LogP contribution < -0.4 is 4.67 Å². The Morgan fingerprint density at radius 2 is 2.00 bits per heavy atom. The van der Waals surface area contributed by atoms with Crippen LogP contribution in [0.3, 0.4) is 0 Å². The Morgan fingerprint density at radius 1 is 1.25 bits per heavy atom.